The fourth-order valence-corrected chi connectivity index (χ4v) is 2.32. The number of ether oxygens (including phenoxy) is 2. The van der Waals surface area contributed by atoms with Crippen molar-refractivity contribution >= 4 is 11.7 Å². The highest BCUT2D eigenvalue weighted by molar-refractivity contribution is 5.94. The van der Waals surface area contributed by atoms with Crippen LogP contribution in [0.15, 0.2) is 47.4 Å². The molecule has 1 aromatic carbocycles. The van der Waals surface area contributed by atoms with Gasteiger partial charge in [0.15, 0.2) is 12.5 Å². The van der Waals surface area contributed by atoms with Crippen LogP contribution >= 0.6 is 0 Å². The number of aromatic nitrogens is 2. The van der Waals surface area contributed by atoms with Gasteiger partial charge in [-0.2, -0.15) is 4.98 Å². The molecule has 1 aromatic heterocycles. The van der Waals surface area contributed by atoms with Crippen molar-refractivity contribution in [2.45, 2.75) is 12.5 Å². The average Bonchev–Trinajstić information content (AvgIpc) is 3.11. The largest absolute Gasteiger partial charge is 0.391 e. The Morgan fingerprint density at radius 1 is 1.32 bits per heavy atom. The van der Waals surface area contributed by atoms with E-state index >= 15 is 0 Å². The first-order chi connectivity index (χ1) is 12.2. The molecule has 0 spiro atoms. The number of carbonyl (C=O) groups excluding carboxylic acids is 1. The summed E-state index contributed by atoms with van der Waals surface area (Å²) in [6.07, 6.45) is 0.164. The first kappa shape index (κ1) is 17.1. The number of aliphatic hydroxyl groups is 1. The van der Waals surface area contributed by atoms with Crippen molar-refractivity contribution in [1.29, 1.82) is 0 Å². The Hall–Kier alpha value is -2.75. The molecule has 2 aromatic rings. The molecule has 3 rings (SSSR count). The lowest BCUT2D eigenvalue weighted by molar-refractivity contribution is -0.0992. The second-order valence-corrected chi connectivity index (χ2v) is 5.26. The number of rotatable bonds is 6. The molecule has 1 aliphatic rings. The number of amides is 1. The molecule has 132 valence electrons. The molecule has 1 aliphatic heterocycles. The van der Waals surface area contributed by atoms with Crippen LogP contribution in [0.1, 0.15) is 16.6 Å². The maximum Gasteiger partial charge on any atom is 0.351 e. The lowest BCUT2D eigenvalue weighted by Crippen LogP contribution is -2.32. The molecule has 3 N–H and O–H groups in total. The lowest BCUT2D eigenvalue weighted by Gasteiger charge is -2.13. The molecule has 0 saturated carbocycles. The van der Waals surface area contributed by atoms with Crippen molar-refractivity contribution in [3.05, 3.63) is 58.6 Å². The number of hydrogen-bond donors (Lipinski definition) is 3. The third-order valence-electron chi connectivity index (χ3n) is 3.58. The van der Waals surface area contributed by atoms with Crippen LogP contribution in [0.2, 0.25) is 0 Å². The Morgan fingerprint density at radius 3 is 2.80 bits per heavy atom. The molecular weight excluding hydrogens is 328 g/mol. The van der Waals surface area contributed by atoms with Gasteiger partial charge in [-0.3, -0.25) is 9.36 Å². The molecule has 9 heteroatoms. The summed E-state index contributed by atoms with van der Waals surface area (Å²) in [5.74, 6) is 0.0974. The van der Waals surface area contributed by atoms with Crippen LogP contribution in [-0.2, 0) is 9.47 Å². The second-order valence-electron chi connectivity index (χ2n) is 5.26. The van der Waals surface area contributed by atoms with Crippen LogP contribution in [0.4, 0.5) is 5.82 Å². The topological polar surface area (TPSA) is 115 Å². The van der Waals surface area contributed by atoms with Gasteiger partial charge in [0.2, 0.25) is 0 Å². The maximum atomic E-state index is 12.1. The average molecular weight is 346 g/mol. The molecular formula is C16H18N4O5. The van der Waals surface area contributed by atoms with E-state index in [1.54, 1.807) is 30.3 Å². The molecule has 0 radical (unpaired) electrons. The summed E-state index contributed by atoms with van der Waals surface area (Å²) in [7, 11) is 0. The summed E-state index contributed by atoms with van der Waals surface area (Å²) in [6.45, 7) is 0.00591. The molecule has 0 bridgehead atoms. The molecule has 9 nitrogen and oxygen atoms in total. The van der Waals surface area contributed by atoms with Gasteiger partial charge < -0.3 is 25.2 Å². The summed E-state index contributed by atoms with van der Waals surface area (Å²) < 4.78 is 11.8. The SMILES string of the molecule is O=C(NCNc1ccn([C@@H]2CO[C@H](CO)O2)c(=O)n1)c1ccccc1. The maximum absolute atomic E-state index is 12.1. The normalized spacial score (nSPS) is 19.6. The first-order valence-electron chi connectivity index (χ1n) is 7.71. The number of carbonyl (C=O) groups is 1. The monoisotopic (exact) mass is 346 g/mol. The van der Waals surface area contributed by atoms with Gasteiger partial charge >= 0.3 is 5.69 Å². The van der Waals surface area contributed by atoms with Gasteiger partial charge in [-0.1, -0.05) is 18.2 Å². The molecule has 0 aliphatic carbocycles. The highest BCUT2D eigenvalue weighted by atomic mass is 16.7. The number of benzene rings is 1. The van der Waals surface area contributed by atoms with Gasteiger partial charge in [0.1, 0.15) is 5.82 Å². The van der Waals surface area contributed by atoms with Crippen LogP contribution in [0.3, 0.4) is 0 Å². The van der Waals surface area contributed by atoms with E-state index in [1.807, 2.05) is 6.07 Å². The Balaban J connectivity index is 1.55. The van der Waals surface area contributed by atoms with Gasteiger partial charge in [-0.25, -0.2) is 4.79 Å². The van der Waals surface area contributed by atoms with Crippen molar-refractivity contribution < 1.29 is 19.4 Å². The number of nitrogens with one attached hydrogen (secondary N) is 2. The second kappa shape index (κ2) is 7.88. The van der Waals surface area contributed by atoms with Gasteiger partial charge in [-0.15, -0.1) is 0 Å². The molecule has 25 heavy (non-hydrogen) atoms. The van der Waals surface area contributed by atoms with E-state index < -0.39 is 18.2 Å². The van der Waals surface area contributed by atoms with E-state index in [4.69, 9.17) is 14.6 Å². The molecule has 2 atom stereocenters. The summed E-state index contributed by atoms with van der Waals surface area (Å²) in [6, 6.07) is 10.4. The molecule has 1 amide bonds. The van der Waals surface area contributed by atoms with Crippen LogP contribution in [-0.4, -0.2) is 46.7 Å². The summed E-state index contributed by atoms with van der Waals surface area (Å²) in [5, 5.41) is 14.5. The summed E-state index contributed by atoms with van der Waals surface area (Å²) in [5.41, 5.74) is 0.0241. The molecule has 0 unspecified atom stereocenters. The van der Waals surface area contributed by atoms with E-state index in [1.165, 1.54) is 10.8 Å². The number of anilines is 1. The predicted octanol–water partition coefficient (Wildman–Crippen LogP) is -0.0935. The van der Waals surface area contributed by atoms with E-state index in [-0.39, 0.29) is 25.8 Å². The van der Waals surface area contributed by atoms with Crippen LogP contribution in [0.5, 0.6) is 0 Å². The summed E-state index contributed by atoms with van der Waals surface area (Å²) >= 11 is 0. The molecule has 2 heterocycles. The highest BCUT2D eigenvalue weighted by Gasteiger charge is 2.27. The van der Waals surface area contributed by atoms with Gasteiger partial charge in [-0.05, 0) is 18.2 Å². The third kappa shape index (κ3) is 4.21. The Labute approximate surface area is 143 Å². The fourth-order valence-electron chi connectivity index (χ4n) is 2.32. The van der Waals surface area contributed by atoms with Crippen molar-refractivity contribution in [2.75, 3.05) is 25.2 Å². The highest BCUT2D eigenvalue weighted by Crippen LogP contribution is 2.19. The molecule has 1 fully saturated rings. The number of nitrogens with zero attached hydrogens (tertiary/aromatic N) is 2. The predicted molar refractivity (Wildman–Crippen MR) is 87.8 cm³/mol. The zero-order valence-corrected chi connectivity index (χ0v) is 13.3. The zero-order valence-electron chi connectivity index (χ0n) is 13.3. The fraction of sp³-hybridized carbons (Fsp3) is 0.312. The minimum atomic E-state index is -0.733. The van der Waals surface area contributed by atoms with E-state index in [2.05, 4.69) is 15.6 Å². The third-order valence-corrected chi connectivity index (χ3v) is 3.58. The number of aliphatic hydroxyl groups excluding tert-OH is 1. The minimum absolute atomic E-state index is 0.125. The van der Waals surface area contributed by atoms with Crippen LogP contribution in [0.25, 0.3) is 0 Å². The zero-order chi connectivity index (χ0) is 17.6. The minimum Gasteiger partial charge on any atom is -0.391 e. The van der Waals surface area contributed by atoms with Crippen LogP contribution in [0, 0.1) is 0 Å². The smallest absolute Gasteiger partial charge is 0.351 e. The quantitative estimate of drug-likeness (QED) is 0.626. The van der Waals surface area contributed by atoms with E-state index in [9.17, 15) is 9.59 Å². The Bertz CT molecular complexity index is 780. The van der Waals surface area contributed by atoms with Crippen LogP contribution < -0.4 is 16.3 Å². The number of hydrogen-bond acceptors (Lipinski definition) is 7. The van der Waals surface area contributed by atoms with Crippen molar-refractivity contribution in [3.63, 3.8) is 0 Å². The van der Waals surface area contributed by atoms with Crippen molar-refractivity contribution in [1.82, 2.24) is 14.9 Å². The van der Waals surface area contributed by atoms with E-state index in [0.29, 0.717) is 11.4 Å². The first-order valence-corrected chi connectivity index (χ1v) is 7.71. The Kier molecular flexibility index (Phi) is 5.39. The summed E-state index contributed by atoms with van der Waals surface area (Å²) in [4.78, 5) is 27.9. The van der Waals surface area contributed by atoms with Gasteiger partial charge in [0.25, 0.3) is 5.91 Å². The van der Waals surface area contributed by atoms with Crippen molar-refractivity contribution in [3.8, 4) is 0 Å². The Morgan fingerprint density at radius 2 is 2.12 bits per heavy atom. The standard InChI is InChI=1S/C16H18N4O5/c21-8-14-24-9-13(25-14)20-7-6-12(19-16(20)23)17-10-18-15(22)11-4-2-1-3-5-11/h1-7,13-14,21H,8-10H2,(H,18,22)(H,17,19,23)/t13-,14-/m0/s1. The van der Waals surface area contributed by atoms with Gasteiger partial charge in [0.05, 0.1) is 19.9 Å². The van der Waals surface area contributed by atoms with Crippen molar-refractivity contribution in [2.24, 2.45) is 0 Å². The van der Waals surface area contributed by atoms with Gasteiger partial charge in [0, 0.05) is 11.8 Å². The molecule has 1 saturated heterocycles. The lowest BCUT2D eigenvalue weighted by atomic mass is 10.2. The van der Waals surface area contributed by atoms with E-state index in [0.717, 1.165) is 0 Å².